The van der Waals surface area contributed by atoms with Crippen molar-refractivity contribution in [2.75, 3.05) is 18.5 Å². The summed E-state index contributed by atoms with van der Waals surface area (Å²) in [5.74, 6) is 0.559. The van der Waals surface area contributed by atoms with Gasteiger partial charge in [0.05, 0.1) is 0 Å². The topological polar surface area (TPSA) is 106 Å². The van der Waals surface area contributed by atoms with E-state index in [1.165, 1.54) is 0 Å². The van der Waals surface area contributed by atoms with E-state index in [9.17, 15) is 14.4 Å². The molecule has 1 saturated carbocycles. The molecule has 8 nitrogen and oxygen atoms in total. The van der Waals surface area contributed by atoms with Crippen molar-refractivity contribution in [1.82, 2.24) is 10.9 Å². The summed E-state index contributed by atoms with van der Waals surface area (Å²) in [5, 5.41) is 2.81. The number of anilines is 1. The van der Waals surface area contributed by atoms with Crippen LogP contribution in [0.25, 0.3) is 0 Å². The first kappa shape index (κ1) is 22.8. The molecule has 0 bridgehead atoms. The van der Waals surface area contributed by atoms with Gasteiger partial charge in [-0.2, -0.15) is 0 Å². The van der Waals surface area contributed by atoms with E-state index in [4.69, 9.17) is 9.47 Å². The number of nitrogens with one attached hydrogen (secondary N) is 3. The van der Waals surface area contributed by atoms with Gasteiger partial charge in [0.2, 0.25) is 5.91 Å². The predicted molar refractivity (Wildman–Crippen MR) is 127 cm³/mol. The highest BCUT2D eigenvalue weighted by Crippen LogP contribution is 2.30. The lowest BCUT2D eigenvalue weighted by atomic mass is 10.2. The van der Waals surface area contributed by atoms with Crippen molar-refractivity contribution in [2.45, 2.75) is 12.8 Å². The van der Waals surface area contributed by atoms with Crippen molar-refractivity contribution in [3.63, 3.8) is 0 Å². The summed E-state index contributed by atoms with van der Waals surface area (Å²) in [6.45, 7) is 0.756. The Bertz CT molecular complexity index is 1130. The first-order valence-corrected chi connectivity index (χ1v) is 11.0. The standard InChI is InChI=1S/C26H25N3O5/c30-24(18-6-7-18)27-21-12-8-19(9-13-21)25(31)28-29-26(32)20-10-14-23(15-11-20)34-17-16-33-22-4-2-1-3-5-22/h1-5,8-15,18H,6-7,16-17H2,(H,27,30)(H,28,31)(H,29,32). The molecule has 4 rings (SSSR count). The number of ether oxygens (including phenoxy) is 2. The van der Waals surface area contributed by atoms with Gasteiger partial charge in [0, 0.05) is 22.7 Å². The molecule has 1 aliphatic rings. The van der Waals surface area contributed by atoms with Gasteiger partial charge in [-0.05, 0) is 73.5 Å². The number of carbonyl (C=O) groups is 3. The molecule has 0 spiro atoms. The molecule has 3 aromatic rings. The number of hydrogen-bond donors (Lipinski definition) is 3. The zero-order valence-electron chi connectivity index (χ0n) is 18.5. The van der Waals surface area contributed by atoms with Crippen LogP contribution in [0.5, 0.6) is 11.5 Å². The number of rotatable bonds is 9. The van der Waals surface area contributed by atoms with E-state index in [-0.39, 0.29) is 11.8 Å². The summed E-state index contributed by atoms with van der Waals surface area (Å²) < 4.78 is 11.2. The maximum absolute atomic E-state index is 12.3. The van der Waals surface area contributed by atoms with E-state index in [1.54, 1.807) is 48.5 Å². The molecule has 3 amide bonds. The van der Waals surface area contributed by atoms with Crippen LogP contribution in [0.2, 0.25) is 0 Å². The maximum Gasteiger partial charge on any atom is 0.269 e. The average Bonchev–Trinajstić information content (AvgIpc) is 3.72. The van der Waals surface area contributed by atoms with Crippen molar-refractivity contribution >= 4 is 23.4 Å². The zero-order valence-corrected chi connectivity index (χ0v) is 18.5. The summed E-state index contributed by atoms with van der Waals surface area (Å²) in [6.07, 6.45) is 1.84. The summed E-state index contributed by atoms with van der Waals surface area (Å²) >= 11 is 0. The Labute approximate surface area is 197 Å². The minimum Gasteiger partial charge on any atom is -0.490 e. The lowest BCUT2D eigenvalue weighted by Gasteiger charge is -2.10. The molecule has 34 heavy (non-hydrogen) atoms. The predicted octanol–water partition coefficient (Wildman–Crippen LogP) is 3.57. The zero-order chi connectivity index (χ0) is 23.8. The Morgan fingerprint density at radius 2 is 1.18 bits per heavy atom. The van der Waals surface area contributed by atoms with Gasteiger partial charge in [-0.1, -0.05) is 18.2 Å². The van der Waals surface area contributed by atoms with Crippen LogP contribution in [0, 0.1) is 5.92 Å². The van der Waals surface area contributed by atoms with Gasteiger partial charge in [0.15, 0.2) is 0 Å². The molecular weight excluding hydrogens is 434 g/mol. The molecule has 0 aromatic heterocycles. The summed E-state index contributed by atoms with van der Waals surface area (Å²) in [7, 11) is 0. The molecular formula is C26H25N3O5. The maximum atomic E-state index is 12.3. The van der Waals surface area contributed by atoms with Crippen LogP contribution in [0.4, 0.5) is 5.69 Å². The minimum atomic E-state index is -0.466. The highest BCUT2D eigenvalue weighted by molar-refractivity contribution is 5.99. The van der Waals surface area contributed by atoms with Crippen LogP contribution in [0.1, 0.15) is 33.6 Å². The van der Waals surface area contributed by atoms with Crippen molar-refractivity contribution < 1.29 is 23.9 Å². The highest BCUT2D eigenvalue weighted by Gasteiger charge is 2.29. The number of benzene rings is 3. The van der Waals surface area contributed by atoms with Gasteiger partial charge in [-0.3, -0.25) is 25.2 Å². The largest absolute Gasteiger partial charge is 0.490 e. The third kappa shape index (κ3) is 6.59. The molecule has 0 atom stereocenters. The molecule has 0 aliphatic heterocycles. The molecule has 0 heterocycles. The fraction of sp³-hybridized carbons (Fsp3) is 0.192. The summed E-state index contributed by atoms with van der Waals surface area (Å²) in [6, 6.07) is 22.5. The molecule has 3 aromatic carbocycles. The van der Waals surface area contributed by atoms with Crippen LogP contribution in [-0.2, 0) is 4.79 Å². The van der Waals surface area contributed by atoms with E-state index in [2.05, 4.69) is 16.2 Å². The van der Waals surface area contributed by atoms with Gasteiger partial charge in [0.25, 0.3) is 11.8 Å². The molecule has 0 unspecified atom stereocenters. The lowest BCUT2D eigenvalue weighted by molar-refractivity contribution is -0.117. The van der Waals surface area contributed by atoms with Crippen molar-refractivity contribution in [2.24, 2.45) is 5.92 Å². The Morgan fingerprint density at radius 3 is 1.71 bits per heavy atom. The van der Waals surface area contributed by atoms with Gasteiger partial charge >= 0.3 is 0 Å². The van der Waals surface area contributed by atoms with E-state index in [0.717, 1.165) is 18.6 Å². The van der Waals surface area contributed by atoms with Crippen LogP contribution in [0.3, 0.4) is 0 Å². The molecule has 174 valence electrons. The van der Waals surface area contributed by atoms with Crippen molar-refractivity contribution in [3.05, 3.63) is 90.0 Å². The fourth-order valence-electron chi connectivity index (χ4n) is 3.09. The molecule has 0 radical (unpaired) electrons. The third-order valence-electron chi connectivity index (χ3n) is 5.13. The van der Waals surface area contributed by atoms with E-state index >= 15 is 0 Å². The van der Waals surface area contributed by atoms with Crippen LogP contribution < -0.4 is 25.6 Å². The highest BCUT2D eigenvalue weighted by atomic mass is 16.5. The SMILES string of the molecule is O=C(NNC(=O)c1ccc(OCCOc2ccccc2)cc1)c1ccc(NC(=O)C2CC2)cc1. The molecule has 1 fully saturated rings. The monoisotopic (exact) mass is 459 g/mol. The van der Waals surface area contributed by atoms with Gasteiger partial charge in [-0.15, -0.1) is 0 Å². The second-order valence-corrected chi connectivity index (χ2v) is 7.78. The normalized spacial score (nSPS) is 12.4. The summed E-state index contributed by atoms with van der Waals surface area (Å²) in [5.41, 5.74) is 6.12. The number of hydrogen-bond acceptors (Lipinski definition) is 5. The van der Waals surface area contributed by atoms with Crippen molar-refractivity contribution in [1.29, 1.82) is 0 Å². The quantitative estimate of drug-likeness (QED) is 0.335. The Balaban J connectivity index is 1.18. The fourth-order valence-corrected chi connectivity index (χ4v) is 3.09. The van der Waals surface area contributed by atoms with E-state index in [1.807, 2.05) is 30.3 Å². The van der Waals surface area contributed by atoms with Crippen molar-refractivity contribution in [3.8, 4) is 11.5 Å². The van der Waals surface area contributed by atoms with E-state index in [0.29, 0.717) is 35.8 Å². The smallest absolute Gasteiger partial charge is 0.269 e. The third-order valence-corrected chi connectivity index (χ3v) is 5.13. The first-order valence-electron chi connectivity index (χ1n) is 11.0. The molecule has 0 saturated heterocycles. The Morgan fingerprint density at radius 1 is 0.676 bits per heavy atom. The average molecular weight is 460 g/mol. The Kier molecular flexibility index (Phi) is 7.39. The van der Waals surface area contributed by atoms with E-state index < -0.39 is 11.8 Å². The first-order chi connectivity index (χ1) is 16.6. The lowest BCUT2D eigenvalue weighted by Crippen LogP contribution is -2.41. The number of hydrazine groups is 1. The van der Waals surface area contributed by atoms with Gasteiger partial charge in [0.1, 0.15) is 24.7 Å². The number of carbonyl (C=O) groups excluding carboxylic acids is 3. The number of amides is 3. The second-order valence-electron chi connectivity index (χ2n) is 7.78. The van der Waals surface area contributed by atoms with Crippen LogP contribution in [-0.4, -0.2) is 30.9 Å². The van der Waals surface area contributed by atoms with Gasteiger partial charge < -0.3 is 14.8 Å². The van der Waals surface area contributed by atoms with Gasteiger partial charge in [-0.25, -0.2) is 0 Å². The number of para-hydroxylation sites is 1. The van der Waals surface area contributed by atoms with Crippen LogP contribution in [0.15, 0.2) is 78.9 Å². The summed E-state index contributed by atoms with van der Waals surface area (Å²) in [4.78, 5) is 36.4. The molecule has 8 heteroatoms. The minimum absolute atomic E-state index is 0.00130. The molecule has 3 N–H and O–H groups in total. The molecule has 1 aliphatic carbocycles. The Hall–Kier alpha value is -4.33. The van der Waals surface area contributed by atoms with Crippen LogP contribution >= 0.6 is 0 Å². The second kappa shape index (κ2) is 11.0.